The van der Waals surface area contributed by atoms with Crippen LogP contribution in [0.2, 0.25) is 0 Å². The van der Waals surface area contributed by atoms with E-state index in [0.717, 1.165) is 28.3 Å². The molecule has 0 unspecified atom stereocenters. The first kappa shape index (κ1) is 16.5. The average molecular weight is 331 g/mol. The zero-order valence-corrected chi connectivity index (χ0v) is 14.1. The van der Waals surface area contributed by atoms with E-state index in [1.54, 1.807) is 12.3 Å². The quantitative estimate of drug-likeness (QED) is 0.651. The zero-order valence-electron chi connectivity index (χ0n) is 14.1. The SMILES string of the molecule is Cc1noc(C)c1COc1ccc(/C=C(\C#N)c2ccccn2)cc1. The van der Waals surface area contributed by atoms with Crippen LogP contribution in [0.3, 0.4) is 0 Å². The van der Waals surface area contributed by atoms with Crippen LogP contribution < -0.4 is 4.74 Å². The van der Waals surface area contributed by atoms with Crippen molar-refractivity contribution < 1.29 is 9.26 Å². The maximum absolute atomic E-state index is 9.34. The molecule has 0 fully saturated rings. The standard InChI is InChI=1S/C20H17N3O2/c1-14-19(15(2)25-23-14)13-24-18-8-6-16(7-9-18)11-17(12-21)20-5-3-4-10-22-20/h3-11H,13H2,1-2H3/b17-11+. The molecule has 124 valence electrons. The number of benzene rings is 1. The predicted molar refractivity (Wildman–Crippen MR) is 94.5 cm³/mol. The minimum atomic E-state index is 0.410. The van der Waals surface area contributed by atoms with Gasteiger partial charge in [0.2, 0.25) is 0 Å². The second kappa shape index (κ2) is 7.45. The Balaban J connectivity index is 1.72. The molecule has 5 heteroatoms. The van der Waals surface area contributed by atoms with Crippen LogP contribution in [0.4, 0.5) is 0 Å². The number of ether oxygens (including phenoxy) is 1. The molecule has 3 rings (SSSR count). The molecule has 0 radical (unpaired) electrons. The second-order valence-corrected chi connectivity index (χ2v) is 5.55. The third kappa shape index (κ3) is 3.93. The molecule has 0 aliphatic rings. The monoisotopic (exact) mass is 331 g/mol. The normalized spacial score (nSPS) is 11.2. The summed E-state index contributed by atoms with van der Waals surface area (Å²) in [4.78, 5) is 4.21. The number of aromatic nitrogens is 2. The lowest BCUT2D eigenvalue weighted by Crippen LogP contribution is -1.97. The maximum Gasteiger partial charge on any atom is 0.140 e. The molecular weight excluding hydrogens is 314 g/mol. The van der Waals surface area contributed by atoms with E-state index in [0.29, 0.717) is 17.9 Å². The van der Waals surface area contributed by atoms with Gasteiger partial charge in [-0.15, -0.1) is 0 Å². The summed E-state index contributed by atoms with van der Waals surface area (Å²) in [5.74, 6) is 1.51. The minimum absolute atomic E-state index is 0.410. The lowest BCUT2D eigenvalue weighted by molar-refractivity contribution is 0.301. The van der Waals surface area contributed by atoms with Crippen LogP contribution in [0.1, 0.15) is 28.3 Å². The number of pyridine rings is 1. The smallest absolute Gasteiger partial charge is 0.140 e. The molecular formula is C20H17N3O2. The summed E-state index contributed by atoms with van der Waals surface area (Å²) in [6, 6.07) is 15.2. The Morgan fingerprint density at radius 3 is 2.60 bits per heavy atom. The molecule has 0 aliphatic carbocycles. The summed E-state index contributed by atoms with van der Waals surface area (Å²) < 4.78 is 10.9. The van der Waals surface area contributed by atoms with Crippen molar-refractivity contribution in [1.29, 1.82) is 5.26 Å². The lowest BCUT2D eigenvalue weighted by atomic mass is 10.1. The molecule has 0 N–H and O–H groups in total. The first-order chi connectivity index (χ1) is 12.2. The Morgan fingerprint density at radius 1 is 1.20 bits per heavy atom. The highest BCUT2D eigenvalue weighted by molar-refractivity contribution is 5.88. The van der Waals surface area contributed by atoms with Gasteiger partial charge in [0.1, 0.15) is 24.2 Å². The van der Waals surface area contributed by atoms with E-state index in [4.69, 9.17) is 9.26 Å². The molecule has 0 bridgehead atoms. The van der Waals surface area contributed by atoms with Gasteiger partial charge in [-0.25, -0.2) is 0 Å². The fourth-order valence-corrected chi connectivity index (χ4v) is 2.38. The van der Waals surface area contributed by atoms with Gasteiger partial charge in [-0.1, -0.05) is 23.4 Å². The van der Waals surface area contributed by atoms with Crippen molar-refractivity contribution in [3.63, 3.8) is 0 Å². The molecule has 25 heavy (non-hydrogen) atoms. The summed E-state index contributed by atoms with van der Waals surface area (Å²) in [6.45, 7) is 4.17. The van der Waals surface area contributed by atoms with Gasteiger partial charge in [-0.3, -0.25) is 4.98 Å². The minimum Gasteiger partial charge on any atom is -0.489 e. The predicted octanol–water partition coefficient (Wildman–Crippen LogP) is 4.33. The highest BCUT2D eigenvalue weighted by atomic mass is 16.5. The van der Waals surface area contributed by atoms with Crippen molar-refractivity contribution in [3.05, 3.63) is 76.9 Å². The number of hydrogen-bond acceptors (Lipinski definition) is 5. The van der Waals surface area contributed by atoms with E-state index in [-0.39, 0.29) is 0 Å². The molecule has 2 aromatic heterocycles. The number of nitrogens with zero attached hydrogens (tertiary/aromatic N) is 3. The van der Waals surface area contributed by atoms with Crippen LogP contribution in [0.5, 0.6) is 5.75 Å². The van der Waals surface area contributed by atoms with Gasteiger partial charge in [-0.05, 0) is 49.8 Å². The van der Waals surface area contributed by atoms with Crippen LogP contribution in [-0.4, -0.2) is 10.1 Å². The van der Waals surface area contributed by atoms with Crippen molar-refractivity contribution in [1.82, 2.24) is 10.1 Å². The molecule has 1 aromatic carbocycles. The highest BCUT2D eigenvalue weighted by Gasteiger charge is 2.09. The van der Waals surface area contributed by atoms with Crippen molar-refractivity contribution in [2.24, 2.45) is 0 Å². The van der Waals surface area contributed by atoms with Crippen molar-refractivity contribution in [2.45, 2.75) is 20.5 Å². The van der Waals surface area contributed by atoms with Crippen LogP contribution in [0, 0.1) is 25.2 Å². The topological polar surface area (TPSA) is 71.9 Å². The van der Waals surface area contributed by atoms with E-state index < -0.39 is 0 Å². The van der Waals surface area contributed by atoms with Gasteiger partial charge in [0.15, 0.2) is 0 Å². The molecule has 0 spiro atoms. The van der Waals surface area contributed by atoms with Gasteiger partial charge in [0.25, 0.3) is 0 Å². The van der Waals surface area contributed by atoms with Gasteiger partial charge in [0, 0.05) is 6.20 Å². The first-order valence-corrected chi connectivity index (χ1v) is 7.85. The third-order valence-electron chi connectivity index (χ3n) is 3.82. The number of allylic oxidation sites excluding steroid dienone is 1. The Labute approximate surface area is 146 Å². The highest BCUT2D eigenvalue weighted by Crippen LogP contribution is 2.20. The van der Waals surface area contributed by atoms with E-state index >= 15 is 0 Å². The molecule has 0 amide bonds. The Hall–Kier alpha value is -3.39. The van der Waals surface area contributed by atoms with Crippen LogP contribution in [-0.2, 0) is 6.61 Å². The Kier molecular flexibility index (Phi) is 4.91. The fourth-order valence-electron chi connectivity index (χ4n) is 2.38. The molecule has 0 aliphatic heterocycles. The van der Waals surface area contributed by atoms with Crippen molar-refractivity contribution >= 4 is 11.6 Å². The van der Waals surface area contributed by atoms with Gasteiger partial charge in [-0.2, -0.15) is 5.26 Å². The van der Waals surface area contributed by atoms with Gasteiger partial charge in [0.05, 0.1) is 22.5 Å². The third-order valence-corrected chi connectivity index (χ3v) is 3.82. The Bertz CT molecular complexity index is 900. The van der Waals surface area contributed by atoms with E-state index in [1.165, 1.54) is 0 Å². The molecule has 2 heterocycles. The van der Waals surface area contributed by atoms with Crippen LogP contribution in [0.25, 0.3) is 11.6 Å². The fraction of sp³-hybridized carbons (Fsp3) is 0.150. The van der Waals surface area contributed by atoms with E-state index in [9.17, 15) is 5.26 Å². The molecule has 5 nitrogen and oxygen atoms in total. The summed E-state index contributed by atoms with van der Waals surface area (Å²) in [7, 11) is 0. The van der Waals surface area contributed by atoms with Gasteiger partial charge >= 0.3 is 0 Å². The Morgan fingerprint density at radius 2 is 2.00 bits per heavy atom. The van der Waals surface area contributed by atoms with E-state index in [1.807, 2.05) is 56.3 Å². The number of aryl methyl sites for hydroxylation is 2. The summed E-state index contributed by atoms with van der Waals surface area (Å²) in [5.41, 5.74) is 3.89. The molecule has 0 saturated carbocycles. The summed E-state index contributed by atoms with van der Waals surface area (Å²) >= 11 is 0. The second-order valence-electron chi connectivity index (χ2n) is 5.55. The first-order valence-electron chi connectivity index (χ1n) is 7.85. The maximum atomic E-state index is 9.34. The van der Waals surface area contributed by atoms with E-state index in [2.05, 4.69) is 16.2 Å². The zero-order chi connectivity index (χ0) is 17.6. The lowest BCUT2D eigenvalue weighted by Gasteiger charge is -2.06. The average Bonchev–Trinajstić information content (AvgIpc) is 2.97. The number of nitriles is 1. The van der Waals surface area contributed by atoms with Crippen LogP contribution in [0.15, 0.2) is 53.2 Å². The largest absolute Gasteiger partial charge is 0.489 e. The number of hydrogen-bond donors (Lipinski definition) is 0. The summed E-state index contributed by atoms with van der Waals surface area (Å²) in [5, 5.41) is 13.3. The molecule has 3 aromatic rings. The van der Waals surface area contributed by atoms with Gasteiger partial charge < -0.3 is 9.26 Å². The molecule has 0 saturated heterocycles. The molecule has 0 atom stereocenters. The summed E-state index contributed by atoms with van der Waals surface area (Å²) in [6.07, 6.45) is 3.48. The number of rotatable bonds is 5. The van der Waals surface area contributed by atoms with Crippen molar-refractivity contribution in [2.75, 3.05) is 0 Å². The van der Waals surface area contributed by atoms with Crippen LogP contribution >= 0.6 is 0 Å². The van der Waals surface area contributed by atoms with Crippen molar-refractivity contribution in [3.8, 4) is 11.8 Å².